The fraction of sp³-hybridized carbons (Fsp3) is 0.286. The van der Waals surface area contributed by atoms with Crippen molar-refractivity contribution in [2.24, 2.45) is 0 Å². The molecular weight excluding hydrogens is 281 g/mol. The molecular formula is C14H15Cl2N3. The third-order valence-electron chi connectivity index (χ3n) is 2.84. The van der Waals surface area contributed by atoms with Crippen LogP contribution in [0.25, 0.3) is 0 Å². The first kappa shape index (κ1) is 14.1. The van der Waals surface area contributed by atoms with Gasteiger partial charge < -0.3 is 5.32 Å². The predicted octanol–water partition coefficient (Wildman–Crippen LogP) is 3.98. The van der Waals surface area contributed by atoms with E-state index in [1.807, 2.05) is 31.3 Å². The van der Waals surface area contributed by atoms with E-state index in [-0.39, 0.29) is 0 Å². The molecule has 100 valence electrons. The van der Waals surface area contributed by atoms with E-state index in [0.29, 0.717) is 16.5 Å². The van der Waals surface area contributed by atoms with Crippen LogP contribution in [0, 0.1) is 0 Å². The SMILES string of the molecule is CCc1cc(NC)nc(Cc2c(Cl)cccc2Cl)n1. The fourth-order valence-electron chi connectivity index (χ4n) is 1.80. The number of nitrogens with zero attached hydrogens (tertiary/aromatic N) is 2. The van der Waals surface area contributed by atoms with Crippen molar-refractivity contribution >= 4 is 29.0 Å². The third-order valence-corrected chi connectivity index (χ3v) is 3.55. The van der Waals surface area contributed by atoms with E-state index in [2.05, 4.69) is 22.2 Å². The Kier molecular flexibility index (Phi) is 4.61. The molecule has 1 heterocycles. The number of aryl methyl sites for hydroxylation is 1. The summed E-state index contributed by atoms with van der Waals surface area (Å²) >= 11 is 12.3. The lowest BCUT2D eigenvalue weighted by molar-refractivity contribution is 0.908. The second-order valence-electron chi connectivity index (χ2n) is 4.14. The van der Waals surface area contributed by atoms with Gasteiger partial charge in [-0.15, -0.1) is 0 Å². The minimum atomic E-state index is 0.529. The molecule has 1 aromatic heterocycles. The smallest absolute Gasteiger partial charge is 0.135 e. The van der Waals surface area contributed by atoms with Crippen molar-refractivity contribution in [2.45, 2.75) is 19.8 Å². The van der Waals surface area contributed by atoms with E-state index in [9.17, 15) is 0 Å². The summed E-state index contributed by atoms with van der Waals surface area (Å²) in [5.74, 6) is 1.53. The molecule has 0 saturated carbocycles. The molecule has 1 N–H and O–H groups in total. The average Bonchev–Trinajstić information content (AvgIpc) is 2.42. The number of anilines is 1. The lowest BCUT2D eigenvalue weighted by Gasteiger charge is -2.09. The Labute approximate surface area is 123 Å². The van der Waals surface area contributed by atoms with Crippen LogP contribution >= 0.6 is 23.2 Å². The number of benzene rings is 1. The number of hydrogen-bond donors (Lipinski definition) is 1. The Morgan fingerprint density at radius 2 is 1.84 bits per heavy atom. The van der Waals surface area contributed by atoms with E-state index in [0.717, 1.165) is 29.3 Å². The highest BCUT2D eigenvalue weighted by molar-refractivity contribution is 6.36. The Hall–Kier alpha value is -1.32. The molecule has 0 spiro atoms. The first-order valence-electron chi connectivity index (χ1n) is 6.11. The van der Waals surface area contributed by atoms with Crippen molar-refractivity contribution in [1.82, 2.24) is 9.97 Å². The van der Waals surface area contributed by atoms with Crippen LogP contribution < -0.4 is 5.32 Å². The van der Waals surface area contributed by atoms with Crippen LogP contribution in [0.5, 0.6) is 0 Å². The van der Waals surface area contributed by atoms with Gasteiger partial charge in [0.1, 0.15) is 11.6 Å². The summed E-state index contributed by atoms with van der Waals surface area (Å²) in [6.07, 6.45) is 1.39. The fourth-order valence-corrected chi connectivity index (χ4v) is 2.33. The van der Waals surface area contributed by atoms with Gasteiger partial charge in [0.15, 0.2) is 0 Å². The third kappa shape index (κ3) is 3.37. The van der Waals surface area contributed by atoms with E-state index in [1.165, 1.54) is 0 Å². The maximum atomic E-state index is 6.17. The van der Waals surface area contributed by atoms with Crippen LogP contribution in [-0.4, -0.2) is 17.0 Å². The Morgan fingerprint density at radius 3 is 2.42 bits per heavy atom. The van der Waals surface area contributed by atoms with Gasteiger partial charge in [0.2, 0.25) is 0 Å². The van der Waals surface area contributed by atoms with Crippen LogP contribution in [0.15, 0.2) is 24.3 Å². The molecule has 0 amide bonds. The Balaban J connectivity index is 2.37. The van der Waals surface area contributed by atoms with Crippen LogP contribution in [-0.2, 0) is 12.8 Å². The molecule has 0 aliphatic carbocycles. The predicted molar refractivity (Wildman–Crippen MR) is 80.2 cm³/mol. The number of rotatable bonds is 4. The van der Waals surface area contributed by atoms with Crippen molar-refractivity contribution in [3.05, 3.63) is 51.4 Å². The molecule has 0 fully saturated rings. The van der Waals surface area contributed by atoms with Crippen molar-refractivity contribution in [1.29, 1.82) is 0 Å². The number of nitrogens with one attached hydrogen (secondary N) is 1. The largest absolute Gasteiger partial charge is 0.373 e. The standard InChI is InChI=1S/C14H15Cl2N3/c1-3-9-7-13(17-2)19-14(18-9)8-10-11(15)5-4-6-12(10)16/h4-7H,3,8H2,1-2H3,(H,17,18,19). The summed E-state index contributed by atoms with van der Waals surface area (Å²) in [5.41, 5.74) is 1.86. The van der Waals surface area contributed by atoms with Gasteiger partial charge in [0, 0.05) is 35.3 Å². The molecule has 0 saturated heterocycles. The molecule has 5 heteroatoms. The van der Waals surface area contributed by atoms with Gasteiger partial charge in [-0.2, -0.15) is 0 Å². The zero-order valence-corrected chi connectivity index (χ0v) is 12.4. The molecule has 3 nitrogen and oxygen atoms in total. The molecule has 0 radical (unpaired) electrons. The zero-order valence-electron chi connectivity index (χ0n) is 10.9. The molecule has 19 heavy (non-hydrogen) atoms. The van der Waals surface area contributed by atoms with Crippen molar-refractivity contribution < 1.29 is 0 Å². The average molecular weight is 296 g/mol. The Bertz CT molecular complexity index is 542. The maximum Gasteiger partial charge on any atom is 0.135 e. The molecule has 1 aromatic carbocycles. The topological polar surface area (TPSA) is 37.8 Å². The Morgan fingerprint density at radius 1 is 1.16 bits per heavy atom. The van der Waals surface area contributed by atoms with Crippen LogP contribution in [0.4, 0.5) is 5.82 Å². The highest BCUT2D eigenvalue weighted by Crippen LogP contribution is 2.26. The van der Waals surface area contributed by atoms with Crippen LogP contribution in [0.3, 0.4) is 0 Å². The van der Waals surface area contributed by atoms with E-state index >= 15 is 0 Å². The molecule has 0 bridgehead atoms. The first-order chi connectivity index (χ1) is 9.13. The second-order valence-corrected chi connectivity index (χ2v) is 4.96. The van der Waals surface area contributed by atoms with E-state index in [4.69, 9.17) is 23.2 Å². The van der Waals surface area contributed by atoms with E-state index < -0.39 is 0 Å². The van der Waals surface area contributed by atoms with Gasteiger partial charge in [-0.1, -0.05) is 36.2 Å². The summed E-state index contributed by atoms with van der Waals surface area (Å²) in [6, 6.07) is 7.42. The quantitative estimate of drug-likeness (QED) is 0.927. The van der Waals surface area contributed by atoms with Crippen LogP contribution in [0.1, 0.15) is 24.0 Å². The number of hydrogen-bond acceptors (Lipinski definition) is 3. The maximum absolute atomic E-state index is 6.17. The molecule has 0 aliphatic rings. The number of halogens is 2. The molecule has 0 aliphatic heterocycles. The summed E-state index contributed by atoms with van der Waals surface area (Å²) in [6.45, 7) is 2.06. The second kappa shape index (κ2) is 6.22. The summed E-state index contributed by atoms with van der Waals surface area (Å²) in [4.78, 5) is 8.95. The van der Waals surface area contributed by atoms with Crippen molar-refractivity contribution in [3.63, 3.8) is 0 Å². The van der Waals surface area contributed by atoms with E-state index in [1.54, 1.807) is 0 Å². The van der Waals surface area contributed by atoms with Gasteiger partial charge in [-0.05, 0) is 24.1 Å². The lowest BCUT2D eigenvalue weighted by atomic mass is 10.1. The van der Waals surface area contributed by atoms with Gasteiger partial charge in [-0.3, -0.25) is 0 Å². The minimum absolute atomic E-state index is 0.529. The highest BCUT2D eigenvalue weighted by Gasteiger charge is 2.10. The summed E-state index contributed by atoms with van der Waals surface area (Å²) < 4.78 is 0. The molecule has 2 aromatic rings. The highest BCUT2D eigenvalue weighted by atomic mass is 35.5. The lowest BCUT2D eigenvalue weighted by Crippen LogP contribution is -2.04. The van der Waals surface area contributed by atoms with Gasteiger partial charge in [-0.25, -0.2) is 9.97 Å². The summed E-state index contributed by atoms with van der Waals surface area (Å²) in [7, 11) is 1.84. The van der Waals surface area contributed by atoms with Crippen LogP contribution in [0.2, 0.25) is 10.0 Å². The van der Waals surface area contributed by atoms with Gasteiger partial charge in [0.25, 0.3) is 0 Å². The first-order valence-corrected chi connectivity index (χ1v) is 6.87. The molecule has 0 atom stereocenters. The monoisotopic (exact) mass is 295 g/mol. The molecule has 0 unspecified atom stereocenters. The van der Waals surface area contributed by atoms with Gasteiger partial charge >= 0.3 is 0 Å². The normalized spacial score (nSPS) is 10.5. The van der Waals surface area contributed by atoms with Gasteiger partial charge in [0.05, 0.1) is 0 Å². The minimum Gasteiger partial charge on any atom is -0.373 e. The van der Waals surface area contributed by atoms with Crippen molar-refractivity contribution in [2.75, 3.05) is 12.4 Å². The number of aromatic nitrogens is 2. The van der Waals surface area contributed by atoms with Crippen molar-refractivity contribution in [3.8, 4) is 0 Å². The molecule has 2 rings (SSSR count). The summed E-state index contributed by atoms with van der Waals surface area (Å²) in [5, 5.41) is 4.33. The zero-order chi connectivity index (χ0) is 13.8.